The Morgan fingerprint density at radius 2 is 1.02 bits per heavy atom. The molecule has 1 heteroatoms. The highest BCUT2D eigenvalue weighted by Crippen LogP contribution is 2.47. The molecule has 0 aliphatic rings. The summed E-state index contributed by atoms with van der Waals surface area (Å²) < 4.78 is 0. The first-order valence-corrected chi connectivity index (χ1v) is 15.4. The van der Waals surface area contributed by atoms with Crippen LogP contribution in [0.4, 0.5) is 0 Å². The summed E-state index contributed by atoms with van der Waals surface area (Å²) in [5, 5.41) is 8.58. The van der Waals surface area contributed by atoms with Crippen LogP contribution in [0.15, 0.2) is 146 Å². The minimum absolute atomic E-state index is 0.00408. The summed E-state index contributed by atoms with van der Waals surface area (Å²) >= 11 is 0. The van der Waals surface area contributed by atoms with E-state index in [0.29, 0.717) is 0 Å². The van der Waals surface area contributed by atoms with E-state index in [1.54, 1.807) is 0 Å². The summed E-state index contributed by atoms with van der Waals surface area (Å²) in [6.07, 6.45) is 0. The van der Waals surface area contributed by atoms with Gasteiger partial charge in [-0.3, -0.25) is 0 Å². The van der Waals surface area contributed by atoms with E-state index >= 15 is 0 Å². The normalized spacial score (nSPS) is 12.0. The summed E-state index contributed by atoms with van der Waals surface area (Å²) in [5.74, 6) is 0. The molecule has 0 radical (unpaired) electrons. The van der Waals surface area contributed by atoms with E-state index in [-0.39, 0.29) is 5.41 Å². The van der Waals surface area contributed by atoms with Gasteiger partial charge in [-0.25, -0.2) is 4.98 Å². The summed E-state index contributed by atoms with van der Waals surface area (Å²) in [6.45, 7) is 6.89. The van der Waals surface area contributed by atoms with Gasteiger partial charge in [0.25, 0.3) is 0 Å². The number of hydrogen-bond acceptors (Lipinski definition) is 1. The molecule has 8 rings (SSSR count). The van der Waals surface area contributed by atoms with Crippen LogP contribution < -0.4 is 0 Å². The van der Waals surface area contributed by atoms with Gasteiger partial charge in [-0.15, -0.1) is 0 Å². The minimum Gasteiger partial charge on any atom is -0.248 e. The average Bonchev–Trinajstić information content (AvgIpc) is 3.06. The van der Waals surface area contributed by atoms with E-state index in [9.17, 15) is 0 Å². The highest BCUT2D eigenvalue weighted by molar-refractivity contribution is 6.23. The van der Waals surface area contributed by atoms with E-state index in [4.69, 9.17) is 4.98 Å². The number of nitrogens with zero attached hydrogens (tertiary/aromatic N) is 1. The van der Waals surface area contributed by atoms with Crippen LogP contribution in [0.5, 0.6) is 0 Å². The Morgan fingerprint density at radius 1 is 0.432 bits per heavy atom. The Labute approximate surface area is 258 Å². The lowest BCUT2D eigenvalue weighted by Crippen LogP contribution is -2.10. The Morgan fingerprint density at radius 3 is 1.75 bits per heavy atom. The predicted octanol–water partition coefficient (Wildman–Crippen LogP) is 12.0. The molecule has 7 aromatic carbocycles. The number of pyridine rings is 1. The van der Waals surface area contributed by atoms with Crippen molar-refractivity contribution in [2.75, 3.05) is 0 Å². The van der Waals surface area contributed by atoms with Crippen LogP contribution in [0.1, 0.15) is 26.3 Å². The fraction of sp³-hybridized carbons (Fsp3) is 0.0930. The molecule has 0 saturated carbocycles. The van der Waals surface area contributed by atoms with Crippen molar-refractivity contribution >= 4 is 43.2 Å². The molecule has 44 heavy (non-hydrogen) atoms. The summed E-state index contributed by atoms with van der Waals surface area (Å²) in [6, 6.07) is 53.0. The zero-order valence-corrected chi connectivity index (χ0v) is 25.3. The van der Waals surface area contributed by atoms with Gasteiger partial charge in [-0.1, -0.05) is 136 Å². The number of para-hydroxylation sites is 1. The zero-order valence-electron chi connectivity index (χ0n) is 25.3. The number of fused-ring (bicyclic) bond motifs is 4. The monoisotopic (exact) mass is 563 g/mol. The fourth-order valence-electron chi connectivity index (χ4n) is 6.72. The van der Waals surface area contributed by atoms with Gasteiger partial charge in [0.15, 0.2) is 0 Å². The van der Waals surface area contributed by atoms with Gasteiger partial charge in [0, 0.05) is 10.9 Å². The van der Waals surface area contributed by atoms with Gasteiger partial charge in [0.2, 0.25) is 0 Å². The fourth-order valence-corrected chi connectivity index (χ4v) is 6.72. The van der Waals surface area contributed by atoms with Crippen molar-refractivity contribution in [3.8, 4) is 33.5 Å². The van der Waals surface area contributed by atoms with E-state index < -0.39 is 0 Å². The average molecular weight is 564 g/mol. The van der Waals surface area contributed by atoms with E-state index in [0.717, 1.165) is 16.6 Å². The smallest absolute Gasteiger partial charge is 0.0722 e. The number of rotatable bonds is 3. The molecule has 1 aromatic heterocycles. The molecule has 210 valence electrons. The van der Waals surface area contributed by atoms with Gasteiger partial charge in [-0.2, -0.15) is 0 Å². The lowest BCUT2D eigenvalue weighted by molar-refractivity contribution is 0.591. The maximum Gasteiger partial charge on any atom is 0.0722 e. The van der Waals surface area contributed by atoms with Crippen molar-refractivity contribution in [3.05, 3.63) is 151 Å². The number of benzene rings is 7. The van der Waals surface area contributed by atoms with E-state index in [1.807, 2.05) is 0 Å². The minimum atomic E-state index is 0.00408. The highest BCUT2D eigenvalue weighted by Gasteiger charge is 2.22. The zero-order chi connectivity index (χ0) is 29.8. The quantitative estimate of drug-likeness (QED) is 0.195. The summed E-state index contributed by atoms with van der Waals surface area (Å²) in [4.78, 5) is 5.23. The van der Waals surface area contributed by atoms with Gasteiger partial charge in [0.1, 0.15) is 0 Å². The first-order chi connectivity index (χ1) is 21.5. The molecular formula is C43H33N. The van der Waals surface area contributed by atoms with Crippen molar-refractivity contribution in [2.45, 2.75) is 26.2 Å². The van der Waals surface area contributed by atoms with Crippen LogP contribution in [-0.4, -0.2) is 4.98 Å². The molecule has 0 unspecified atom stereocenters. The van der Waals surface area contributed by atoms with Crippen molar-refractivity contribution in [3.63, 3.8) is 0 Å². The van der Waals surface area contributed by atoms with E-state index in [1.165, 1.54) is 65.7 Å². The highest BCUT2D eigenvalue weighted by atomic mass is 14.7. The maximum absolute atomic E-state index is 5.23. The lowest BCUT2D eigenvalue weighted by atomic mass is 9.80. The largest absolute Gasteiger partial charge is 0.248 e. The van der Waals surface area contributed by atoms with Gasteiger partial charge in [-0.05, 0) is 95.9 Å². The molecule has 0 N–H and O–H groups in total. The molecule has 8 aromatic rings. The molecule has 0 aliphatic carbocycles. The van der Waals surface area contributed by atoms with Crippen molar-refractivity contribution in [2.24, 2.45) is 0 Å². The third-order valence-electron chi connectivity index (χ3n) is 8.98. The van der Waals surface area contributed by atoms with Crippen LogP contribution in [0, 0.1) is 0 Å². The topological polar surface area (TPSA) is 12.9 Å². The maximum atomic E-state index is 5.23. The van der Waals surface area contributed by atoms with Crippen molar-refractivity contribution in [1.82, 2.24) is 4.98 Å². The first-order valence-electron chi connectivity index (χ1n) is 15.4. The molecule has 0 saturated heterocycles. The molecule has 0 bridgehead atoms. The van der Waals surface area contributed by atoms with E-state index in [2.05, 4.69) is 166 Å². The third-order valence-corrected chi connectivity index (χ3v) is 8.98. The summed E-state index contributed by atoms with van der Waals surface area (Å²) in [7, 11) is 0. The first kappa shape index (κ1) is 26.4. The lowest BCUT2D eigenvalue weighted by Gasteiger charge is -2.24. The predicted molar refractivity (Wildman–Crippen MR) is 189 cm³/mol. The Hall–Kier alpha value is -5.27. The summed E-state index contributed by atoms with van der Waals surface area (Å²) in [5.41, 5.74) is 9.51. The molecule has 0 amide bonds. The Bertz CT molecular complexity index is 2360. The van der Waals surface area contributed by atoms with Crippen LogP contribution in [-0.2, 0) is 5.41 Å². The van der Waals surface area contributed by atoms with Crippen LogP contribution in [0.25, 0.3) is 76.7 Å². The second kappa shape index (κ2) is 10.2. The Kier molecular flexibility index (Phi) is 6.10. The SMILES string of the molecule is CC(C)(C)c1ccc2c(-c3ccc4ccccc4n3)c3ccccc3c(-c3cc4ccccc4cc3-c3ccccc3)c2c1. The van der Waals surface area contributed by atoms with Gasteiger partial charge in [0.05, 0.1) is 11.2 Å². The molecule has 1 nitrogen and oxygen atoms in total. The van der Waals surface area contributed by atoms with Crippen LogP contribution in [0.2, 0.25) is 0 Å². The molecule has 0 aliphatic heterocycles. The van der Waals surface area contributed by atoms with Crippen LogP contribution >= 0.6 is 0 Å². The van der Waals surface area contributed by atoms with Crippen LogP contribution in [0.3, 0.4) is 0 Å². The second-order valence-electron chi connectivity index (χ2n) is 12.8. The van der Waals surface area contributed by atoms with Gasteiger partial charge < -0.3 is 0 Å². The molecular weight excluding hydrogens is 530 g/mol. The van der Waals surface area contributed by atoms with Gasteiger partial charge >= 0.3 is 0 Å². The molecule has 0 spiro atoms. The molecule has 1 heterocycles. The number of hydrogen-bond donors (Lipinski definition) is 0. The molecule has 0 fully saturated rings. The molecule has 0 atom stereocenters. The van der Waals surface area contributed by atoms with Crippen molar-refractivity contribution in [1.29, 1.82) is 0 Å². The van der Waals surface area contributed by atoms with Crippen molar-refractivity contribution < 1.29 is 0 Å². The second-order valence-corrected chi connectivity index (χ2v) is 12.8. The third kappa shape index (κ3) is 4.36. The standard InChI is InChI=1S/C43H33N/c1-43(2,3)32-22-23-35-38(27-32)41(37-26-31-17-8-7-16-30(31)25-36(37)28-13-5-4-6-14-28)33-18-10-11-19-34(33)42(35)40-24-21-29-15-9-12-20-39(29)44-40/h4-27H,1-3H3. The Balaban J connectivity index is 1.56. The number of aromatic nitrogens is 1.